The second-order valence-electron chi connectivity index (χ2n) is 3.80. The Morgan fingerprint density at radius 3 is 3.06 bits per heavy atom. The van der Waals surface area contributed by atoms with Crippen molar-refractivity contribution in [1.82, 2.24) is 10.6 Å². The van der Waals surface area contributed by atoms with E-state index in [1.54, 1.807) is 12.1 Å². The van der Waals surface area contributed by atoms with Crippen molar-refractivity contribution in [3.8, 4) is 0 Å². The van der Waals surface area contributed by atoms with E-state index in [1.165, 1.54) is 12.1 Å². The Morgan fingerprint density at radius 1 is 1.50 bits per heavy atom. The summed E-state index contributed by atoms with van der Waals surface area (Å²) in [5.41, 5.74) is 0.462. The largest absolute Gasteiger partial charge is 0.334 e. The van der Waals surface area contributed by atoms with Gasteiger partial charge in [-0.2, -0.15) is 0 Å². The molecular weight excluding hydrogens is 209 g/mol. The van der Waals surface area contributed by atoms with Crippen molar-refractivity contribution in [3.05, 3.63) is 30.1 Å². The highest BCUT2D eigenvalue weighted by molar-refractivity contribution is 5.89. The molecule has 1 aromatic carbocycles. The molecule has 4 nitrogen and oxygen atoms in total. The Hall–Kier alpha value is -1.62. The molecule has 1 aliphatic heterocycles. The van der Waals surface area contributed by atoms with Crippen molar-refractivity contribution in [1.29, 1.82) is 0 Å². The number of amides is 2. The van der Waals surface area contributed by atoms with E-state index in [-0.39, 0.29) is 17.9 Å². The van der Waals surface area contributed by atoms with Gasteiger partial charge in [0.25, 0.3) is 0 Å². The Morgan fingerprint density at radius 2 is 2.38 bits per heavy atom. The Balaban J connectivity index is 1.86. The summed E-state index contributed by atoms with van der Waals surface area (Å²) in [7, 11) is 0. The first-order valence-corrected chi connectivity index (χ1v) is 5.28. The van der Waals surface area contributed by atoms with Crippen LogP contribution in [0.4, 0.5) is 14.9 Å². The minimum absolute atomic E-state index is 0.161. The molecule has 0 aliphatic carbocycles. The number of hydrogen-bond donors (Lipinski definition) is 3. The molecule has 0 unspecified atom stereocenters. The highest BCUT2D eigenvalue weighted by Gasteiger charge is 2.16. The van der Waals surface area contributed by atoms with Gasteiger partial charge in [-0.3, -0.25) is 0 Å². The fourth-order valence-electron chi connectivity index (χ4n) is 1.70. The topological polar surface area (TPSA) is 53.2 Å². The fraction of sp³-hybridized carbons (Fsp3) is 0.364. The van der Waals surface area contributed by atoms with Gasteiger partial charge in [0.2, 0.25) is 0 Å². The smallest absolute Gasteiger partial charge is 0.319 e. The quantitative estimate of drug-likeness (QED) is 0.708. The zero-order valence-electron chi connectivity index (χ0n) is 8.79. The number of benzene rings is 1. The number of hydrogen-bond acceptors (Lipinski definition) is 2. The van der Waals surface area contributed by atoms with E-state index < -0.39 is 0 Å². The molecule has 1 heterocycles. The van der Waals surface area contributed by atoms with Crippen LogP contribution in [-0.2, 0) is 0 Å². The summed E-state index contributed by atoms with van der Waals surface area (Å²) in [6.45, 7) is 1.71. The second-order valence-corrected chi connectivity index (χ2v) is 3.80. The zero-order chi connectivity index (χ0) is 11.4. The number of halogens is 1. The van der Waals surface area contributed by atoms with E-state index >= 15 is 0 Å². The third kappa shape index (κ3) is 2.93. The minimum Gasteiger partial charge on any atom is -0.334 e. The number of nitrogens with one attached hydrogen (secondary N) is 3. The third-order valence-electron chi connectivity index (χ3n) is 2.48. The van der Waals surface area contributed by atoms with Crippen LogP contribution in [0.2, 0.25) is 0 Å². The van der Waals surface area contributed by atoms with Crippen LogP contribution < -0.4 is 16.0 Å². The van der Waals surface area contributed by atoms with Crippen LogP contribution in [0.25, 0.3) is 0 Å². The number of carbonyl (C=O) groups excluding carboxylic acids is 1. The van der Waals surface area contributed by atoms with Crippen LogP contribution in [-0.4, -0.2) is 25.2 Å². The molecule has 1 aliphatic rings. The van der Waals surface area contributed by atoms with Crippen molar-refractivity contribution in [3.63, 3.8) is 0 Å². The Bertz CT molecular complexity index is 377. The summed E-state index contributed by atoms with van der Waals surface area (Å²) in [6.07, 6.45) is 0.927. The van der Waals surface area contributed by atoms with Gasteiger partial charge in [0.15, 0.2) is 0 Å². The molecule has 0 radical (unpaired) electrons. The summed E-state index contributed by atoms with van der Waals surface area (Å²) >= 11 is 0. The van der Waals surface area contributed by atoms with Gasteiger partial charge in [-0.25, -0.2) is 9.18 Å². The summed E-state index contributed by atoms with van der Waals surface area (Å²) in [5, 5.41) is 8.55. The Kier molecular flexibility index (Phi) is 3.36. The van der Waals surface area contributed by atoms with Gasteiger partial charge in [0.05, 0.1) is 0 Å². The predicted molar refractivity (Wildman–Crippen MR) is 59.8 cm³/mol. The molecule has 16 heavy (non-hydrogen) atoms. The number of urea groups is 1. The maximum absolute atomic E-state index is 12.8. The average Bonchev–Trinajstić information content (AvgIpc) is 2.70. The van der Waals surface area contributed by atoms with Crippen molar-refractivity contribution < 1.29 is 9.18 Å². The van der Waals surface area contributed by atoms with Crippen LogP contribution in [0.3, 0.4) is 0 Å². The van der Waals surface area contributed by atoms with Gasteiger partial charge in [0.1, 0.15) is 5.82 Å². The molecule has 1 fully saturated rings. The zero-order valence-corrected chi connectivity index (χ0v) is 8.79. The van der Waals surface area contributed by atoms with E-state index in [9.17, 15) is 9.18 Å². The van der Waals surface area contributed by atoms with E-state index in [1.807, 2.05) is 0 Å². The molecule has 0 saturated carbocycles. The van der Waals surface area contributed by atoms with Gasteiger partial charge in [-0.1, -0.05) is 6.07 Å². The maximum Gasteiger partial charge on any atom is 0.319 e. The van der Waals surface area contributed by atoms with Crippen LogP contribution in [0, 0.1) is 5.82 Å². The Labute approximate surface area is 93.2 Å². The monoisotopic (exact) mass is 223 g/mol. The van der Waals surface area contributed by atoms with Crippen molar-refractivity contribution >= 4 is 11.7 Å². The van der Waals surface area contributed by atoms with Gasteiger partial charge in [-0.05, 0) is 31.2 Å². The predicted octanol–water partition coefficient (Wildman–Crippen LogP) is 1.31. The molecule has 3 N–H and O–H groups in total. The lowest BCUT2D eigenvalue weighted by atomic mass is 10.3. The lowest BCUT2D eigenvalue weighted by Gasteiger charge is -2.12. The van der Waals surface area contributed by atoms with Crippen LogP contribution in [0.5, 0.6) is 0 Å². The molecule has 2 amide bonds. The van der Waals surface area contributed by atoms with E-state index in [0.717, 1.165) is 19.5 Å². The highest BCUT2D eigenvalue weighted by atomic mass is 19.1. The summed E-state index contributed by atoms with van der Waals surface area (Å²) in [5.74, 6) is -0.361. The molecule has 5 heteroatoms. The second kappa shape index (κ2) is 4.94. The first-order chi connectivity index (χ1) is 7.74. The lowest BCUT2D eigenvalue weighted by molar-refractivity contribution is 0.249. The fourth-order valence-corrected chi connectivity index (χ4v) is 1.70. The normalized spacial score (nSPS) is 19.4. The summed E-state index contributed by atoms with van der Waals surface area (Å²) < 4.78 is 12.8. The van der Waals surface area contributed by atoms with E-state index in [0.29, 0.717) is 5.69 Å². The van der Waals surface area contributed by atoms with Gasteiger partial charge in [-0.15, -0.1) is 0 Å². The molecule has 2 rings (SSSR count). The average molecular weight is 223 g/mol. The van der Waals surface area contributed by atoms with Crippen LogP contribution in [0.15, 0.2) is 24.3 Å². The van der Waals surface area contributed by atoms with Crippen molar-refractivity contribution in [2.24, 2.45) is 0 Å². The SMILES string of the molecule is O=C(Nc1cccc(F)c1)N[C@@H]1CCNC1. The molecule has 1 atom stereocenters. The first-order valence-electron chi connectivity index (χ1n) is 5.28. The standard InChI is InChI=1S/C11H14FN3O/c12-8-2-1-3-9(6-8)14-11(16)15-10-4-5-13-7-10/h1-3,6,10,13H,4-5,7H2,(H2,14,15,16)/t10-/m1/s1. The molecule has 1 aromatic rings. The van der Waals surface area contributed by atoms with Gasteiger partial charge < -0.3 is 16.0 Å². The third-order valence-corrected chi connectivity index (χ3v) is 2.48. The van der Waals surface area contributed by atoms with E-state index in [2.05, 4.69) is 16.0 Å². The molecule has 0 bridgehead atoms. The summed E-state index contributed by atoms with van der Waals surface area (Å²) in [4.78, 5) is 11.5. The molecule has 0 spiro atoms. The van der Waals surface area contributed by atoms with Crippen LogP contribution >= 0.6 is 0 Å². The summed E-state index contributed by atoms with van der Waals surface area (Å²) in [6, 6.07) is 5.70. The highest BCUT2D eigenvalue weighted by Crippen LogP contribution is 2.09. The number of rotatable bonds is 2. The van der Waals surface area contributed by atoms with Crippen molar-refractivity contribution in [2.45, 2.75) is 12.5 Å². The molecule has 86 valence electrons. The lowest BCUT2D eigenvalue weighted by Crippen LogP contribution is -2.39. The van der Waals surface area contributed by atoms with Gasteiger partial charge >= 0.3 is 6.03 Å². The number of carbonyl (C=O) groups is 1. The number of anilines is 1. The van der Waals surface area contributed by atoms with E-state index in [4.69, 9.17) is 0 Å². The molecule has 0 aromatic heterocycles. The maximum atomic E-state index is 12.8. The van der Waals surface area contributed by atoms with Crippen molar-refractivity contribution in [2.75, 3.05) is 18.4 Å². The van der Waals surface area contributed by atoms with Crippen LogP contribution in [0.1, 0.15) is 6.42 Å². The first kappa shape index (κ1) is 10.9. The molecule has 1 saturated heterocycles. The minimum atomic E-state index is -0.361. The van der Waals surface area contributed by atoms with Gasteiger partial charge in [0, 0.05) is 18.3 Å². The molecular formula is C11H14FN3O.